The van der Waals surface area contributed by atoms with Crippen LogP contribution >= 0.6 is 0 Å². The first kappa shape index (κ1) is 16.1. The van der Waals surface area contributed by atoms with Crippen molar-refractivity contribution in [2.75, 3.05) is 13.7 Å². The van der Waals surface area contributed by atoms with Crippen molar-refractivity contribution in [1.82, 2.24) is 9.88 Å². The first-order valence-electron chi connectivity index (χ1n) is 8.19. The zero-order valence-electron chi connectivity index (χ0n) is 14.1. The molecule has 23 heavy (non-hydrogen) atoms. The Bertz CT molecular complexity index is 602. The highest BCUT2D eigenvalue weighted by molar-refractivity contribution is 5.76. The van der Waals surface area contributed by atoms with Crippen LogP contribution in [-0.4, -0.2) is 47.0 Å². The van der Waals surface area contributed by atoms with Crippen molar-refractivity contribution in [2.45, 2.75) is 50.9 Å². The minimum Gasteiger partial charge on any atom is -0.384 e. The average molecular weight is 315 g/mol. The van der Waals surface area contributed by atoms with Crippen molar-refractivity contribution in [2.24, 2.45) is 4.99 Å². The second-order valence-electron chi connectivity index (χ2n) is 6.84. The van der Waals surface area contributed by atoms with Crippen LogP contribution in [0, 0.1) is 0 Å². The summed E-state index contributed by atoms with van der Waals surface area (Å²) in [6, 6.07) is 4.35. The predicted molar refractivity (Wildman–Crippen MR) is 91.1 cm³/mol. The third-order valence-corrected chi connectivity index (χ3v) is 4.66. The summed E-state index contributed by atoms with van der Waals surface area (Å²) in [6.45, 7) is 4.32. The fourth-order valence-corrected chi connectivity index (χ4v) is 3.22. The fourth-order valence-electron chi connectivity index (χ4n) is 3.22. The van der Waals surface area contributed by atoms with Gasteiger partial charge in [0.15, 0.2) is 0 Å². The largest absolute Gasteiger partial charge is 0.384 e. The van der Waals surface area contributed by atoms with E-state index in [1.54, 1.807) is 27.2 Å². The highest BCUT2D eigenvalue weighted by Gasteiger charge is 2.28. The molecule has 2 atom stereocenters. The van der Waals surface area contributed by atoms with Crippen molar-refractivity contribution >= 4 is 11.9 Å². The fraction of sp³-hybridized carbons (Fsp3) is 0.556. The van der Waals surface area contributed by atoms with Crippen LogP contribution in [0.15, 0.2) is 29.5 Å². The molecule has 124 valence electrons. The molecule has 0 radical (unpaired) electrons. The zero-order valence-corrected chi connectivity index (χ0v) is 14.1. The van der Waals surface area contributed by atoms with Crippen molar-refractivity contribution in [1.29, 1.82) is 0 Å². The standard InChI is InChI=1S/C18H25N3O2/c1-18(2,22)17-7-4-13(11-20-17)16-12-21(9-8-19-16)14-5-6-15(10-14)23-3/h4,7-8,11-12,14-15,22H,5-6,9-10H2,1-3H3/t14-,15-/m0/s1. The molecule has 0 spiro atoms. The van der Waals surface area contributed by atoms with Crippen molar-refractivity contribution in [3.05, 3.63) is 35.8 Å². The number of hydrogen-bond donors (Lipinski definition) is 1. The Morgan fingerprint density at radius 2 is 2.13 bits per heavy atom. The van der Waals surface area contributed by atoms with Crippen molar-refractivity contribution in [3.63, 3.8) is 0 Å². The second-order valence-corrected chi connectivity index (χ2v) is 6.84. The predicted octanol–water partition coefficient (Wildman–Crippen LogP) is 2.56. The van der Waals surface area contributed by atoms with E-state index in [1.807, 2.05) is 18.3 Å². The molecule has 5 heteroatoms. The van der Waals surface area contributed by atoms with Crippen LogP contribution in [0.1, 0.15) is 44.4 Å². The quantitative estimate of drug-likeness (QED) is 0.928. The number of rotatable bonds is 4. The zero-order chi connectivity index (χ0) is 16.4. The lowest BCUT2D eigenvalue weighted by atomic mass is 10.0. The number of nitrogens with zero attached hydrogens (tertiary/aromatic N) is 3. The van der Waals surface area contributed by atoms with Crippen LogP contribution in [-0.2, 0) is 10.3 Å². The summed E-state index contributed by atoms with van der Waals surface area (Å²) in [6.07, 6.45) is 9.61. The SMILES string of the molecule is CO[C@H]1CC[C@H](N2C=C(c3ccc(C(C)(C)O)nc3)N=CC2)C1. The molecule has 1 fully saturated rings. The van der Waals surface area contributed by atoms with Gasteiger partial charge in [-0.05, 0) is 45.2 Å². The van der Waals surface area contributed by atoms with Crippen LogP contribution < -0.4 is 0 Å². The number of aromatic nitrogens is 1. The lowest BCUT2D eigenvalue weighted by Gasteiger charge is -2.29. The molecule has 1 aromatic heterocycles. The molecular formula is C18H25N3O2. The number of aliphatic imine (C=N–C) groups is 1. The summed E-state index contributed by atoms with van der Waals surface area (Å²) in [5.74, 6) is 0. The molecule has 5 nitrogen and oxygen atoms in total. The van der Waals surface area contributed by atoms with E-state index in [0.717, 1.165) is 37.1 Å². The Morgan fingerprint density at radius 3 is 2.74 bits per heavy atom. The first-order chi connectivity index (χ1) is 11.0. The maximum Gasteiger partial charge on any atom is 0.101 e. The summed E-state index contributed by atoms with van der Waals surface area (Å²) in [4.78, 5) is 11.2. The van der Waals surface area contributed by atoms with Gasteiger partial charge in [-0.3, -0.25) is 9.98 Å². The van der Waals surface area contributed by atoms with Crippen LogP contribution in [0.25, 0.3) is 5.70 Å². The molecule has 1 N–H and O–H groups in total. The molecule has 0 aromatic carbocycles. The van der Waals surface area contributed by atoms with Gasteiger partial charge in [0.1, 0.15) is 5.60 Å². The molecular weight excluding hydrogens is 290 g/mol. The van der Waals surface area contributed by atoms with Gasteiger partial charge in [-0.25, -0.2) is 0 Å². The number of methoxy groups -OCH3 is 1. The van der Waals surface area contributed by atoms with E-state index in [-0.39, 0.29) is 0 Å². The van der Waals surface area contributed by atoms with Gasteiger partial charge >= 0.3 is 0 Å². The Kier molecular flexibility index (Phi) is 4.50. The summed E-state index contributed by atoms with van der Waals surface area (Å²) in [5, 5.41) is 10.00. The highest BCUT2D eigenvalue weighted by atomic mass is 16.5. The van der Waals surface area contributed by atoms with Crippen LogP contribution in [0.4, 0.5) is 0 Å². The highest BCUT2D eigenvalue weighted by Crippen LogP contribution is 2.29. The molecule has 2 aliphatic rings. The minimum atomic E-state index is -0.923. The molecule has 1 aliphatic carbocycles. The van der Waals surface area contributed by atoms with Crippen LogP contribution in [0.3, 0.4) is 0 Å². The number of ether oxygens (including phenoxy) is 1. The van der Waals surface area contributed by atoms with Crippen molar-refractivity contribution < 1.29 is 9.84 Å². The van der Waals surface area contributed by atoms with Gasteiger partial charge in [-0.1, -0.05) is 0 Å². The van der Waals surface area contributed by atoms with E-state index in [1.165, 1.54) is 0 Å². The monoisotopic (exact) mass is 315 g/mol. The van der Waals surface area contributed by atoms with Gasteiger partial charge in [0, 0.05) is 37.3 Å². The maximum absolute atomic E-state index is 10.00. The van der Waals surface area contributed by atoms with E-state index < -0.39 is 5.60 Å². The minimum absolute atomic E-state index is 0.378. The Hall–Kier alpha value is -1.72. The molecule has 2 heterocycles. The van der Waals surface area contributed by atoms with Crippen LogP contribution in [0.5, 0.6) is 0 Å². The van der Waals surface area contributed by atoms with Gasteiger partial charge in [0.25, 0.3) is 0 Å². The van der Waals surface area contributed by atoms with E-state index in [4.69, 9.17) is 4.74 Å². The normalized spacial score (nSPS) is 24.9. The lowest BCUT2D eigenvalue weighted by Crippen LogP contribution is -2.32. The van der Waals surface area contributed by atoms with E-state index in [0.29, 0.717) is 17.8 Å². The molecule has 0 amide bonds. The molecule has 1 aliphatic heterocycles. The lowest BCUT2D eigenvalue weighted by molar-refractivity contribution is 0.0738. The topological polar surface area (TPSA) is 58.0 Å². The molecule has 1 aromatic rings. The Balaban J connectivity index is 1.75. The van der Waals surface area contributed by atoms with E-state index >= 15 is 0 Å². The third-order valence-electron chi connectivity index (χ3n) is 4.66. The van der Waals surface area contributed by atoms with E-state index in [9.17, 15) is 5.11 Å². The van der Waals surface area contributed by atoms with Gasteiger partial charge in [-0.2, -0.15) is 0 Å². The summed E-state index contributed by atoms with van der Waals surface area (Å²) >= 11 is 0. The number of hydrogen-bond acceptors (Lipinski definition) is 5. The van der Waals surface area contributed by atoms with Crippen molar-refractivity contribution in [3.8, 4) is 0 Å². The molecule has 0 saturated heterocycles. The maximum atomic E-state index is 10.00. The van der Waals surface area contributed by atoms with Crippen LogP contribution in [0.2, 0.25) is 0 Å². The second kappa shape index (κ2) is 6.42. The summed E-state index contributed by atoms with van der Waals surface area (Å²) in [7, 11) is 1.79. The summed E-state index contributed by atoms with van der Waals surface area (Å²) < 4.78 is 5.47. The first-order valence-corrected chi connectivity index (χ1v) is 8.19. The Morgan fingerprint density at radius 1 is 1.30 bits per heavy atom. The Labute approximate surface area is 137 Å². The third kappa shape index (κ3) is 3.62. The molecule has 1 saturated carbocycles. The van der Waals surface area contributed by atoms with Gasteiger partial charge < -0.3 is 14.7 Å². The number of aliphatic hydroxyl groups is 1. The van der Waals surface area contributed by atoms with E-state index in [2.05, 4.69) is 21.1 Å². The average Bonchev–Trinajstić information content (AvgIpc) is 3.03. The summed E-state index contributed by atoms with van der Waals surface area (Å²) in [5.41, 5.74) is 1.64. The molecule has 0 unspecified atom stereocenters. The molecule has 0 bridgehead atoms. The van der Waals surface area contributed by atoms with Gasteiger partial charge in [0.05, 0.1) is 24.0 Å². The van der Waals surface area contributed by atoms with Gasteiger partial charge in [0.2, 0.25) is 0 Å². The number of pyridine rings is 1. The molecule has 3 rings (SSSR count). The smallest absolute Gasteiger partial charge is 0.101 e. The van der Waals surface area contributed by atoms with Gasteiger partial charge in [-0.15, -0.1) is 0 Å².